The van der Waals surface area contributed by atoms with Gasteiger partial charge in [0.25, 0.3) is 0 Å². The lowest BCUT2D eigenvalue weighted by molar-refractivity contribution is 0.178. The molecule has 25 heavy (non-hydrogen) atoms. The third-order valence-corrected chi connectivity index (χ3v) is 5.15. The van der Waals surface area contributed by atoms with E-state index in [1.165, 1.54) is 23.9 Å². The van der Waals surface area contributed by atoms with Crippen molar-refractivity contribution in [3.05, 3.63) is 53.0 Å². The fourth-order valence-electron chi connectivity index (χ4n) is 3.72. The van der Waals surface area contributed by atoms with E-state index in [-0.39, 0.29) is 6.10 Å². The molecule has 1 aromatic carbocycles. The fraction of sp³-hybridized carbons (Fsp3) is 0.350. The molecule has 2 aliphatic rings. The molecule has 0 bridgehead atoms. The molecular formula is C20H18N4O. The average molecular weight is 330 g/mol. The number of H-pyrrole nitrogens is 1. The van der Waals surface area contributed by atoms with Crippen molar-refractivity contribution >= 4 is 10.9 Å². The van der Waals surface area contributed by atoms with E-state index in [1.54, 1.807) is 6.20 Å². The van der Waals surface area contributed by atoms with Crippen molar-refractivity contribution in [1.29, 1.82) is 5.26 Å². The van der Waals surface area contributed by atoms with Gasteiger partial charge in [0.2, 0.25) is 0 Å². The predicted octanol–water partition coefficient (Wildman–Crippen LogP) is 4.16. The number of aryl methyl sites for hydroxylation is 1. The monoisotopic (exact) mass is 330 g/mol. The summed E-state index contributed by atoms with van der Waals surface area (Å²) in [5.41, 5.74) is 4.96. The first-order valence-electron chi connectivity index (χ1n) is 8.85. The quantitative estimate of drug-likeness (QED) is 0.782. The highest BCUT2D eigenvalue weighted by Gasteiger charge is 2.28. The highest BCUT2D eigenvalue weighted by molar-refractivity contribution is 5.83. The lowest BCUT2D eigenvalue weighted by Gasteiger charge is -2.25. The largest absolute Gasteiger partial charge is 0.484 e. The zero-order valence-corrected chi connectivity index (χ0v) is 13.8. The summed E-state index contributed by atoms with van der Waals surface area (Å²) in [7, 11) is 0. The molecule has 2 aliphatic carbocycles. The van der Waals surface area contributed by atoms with E-state index in [1.807, 2.05) is 18.2 Å². The summed E-state index contributed by atoms with van der Waals surface area (Å²) in [6.07, 6.45) is 7.01. The lowest BCUT2D eigenvalue weighted by atomic mass is 9.93. The van der Waals surface area contributed by atoms with Crippen molar-refractivity contribution in [1.82, 2.24) is 15.2 Å². The molecule has 0 unspecified atom stereocenters. The number of ether oxygens (including phenoxy) is 1. The standard InChI is InChI=1S/C20H18N4O/c21-10-12-8-14-2-1-3-18(20(14)22-11-12)25-15-6-7-17-16(9-15)19(24-23-17)13-4-5-13/h6-9,11,13,18H,1-5H2,(H,23,24)/t18-/m0/s1. The van der Waals surface area contributed by atoms with Crippen LogP contribution in [-0.2, 0) is 6.42 Å². The second-order valence-electron chi connectivity index (χ2n) is 6.97. The first-order valence-corrected chi connectivity index (χ1v) is 8.85. The Kier molecular flexibility index (Phi) is 3.24. The van der Waals surface area contributed by atoms with Crippen LogP contribution in [0.2, 0.25) is 0 Å². The van der Waals surface area contributed by atoms with E-state index in [9.17, 15) is 0 Å². The van der Waals surface area contributed by atoms with Gasteiger partial charge in [-0.1, -0.05) is 0 Å². The number of rotatable bonds is 3. The van der Waals surface area contributed by atoms with Gasteiger partial charge in [0, 0.05) is 17.5 Å². The number of fused-ring (bicyclic) bond motifs is 2. The van der Waals surface area contributed by atoms with Crippen LogP contribution < -0.4 is 4.74 Å². The highest BCUT2D eigenvalue weighted by atomic mass is 16.5. The minimum Gasteiger partial charge on any atom is -0.484 e. The third-order valence-electron chi connectivity index (χ3n) is 5.15. The van der Waals surface area contributed by atoms with Gasteiger partial charge in [-0.05, 0) is 61.9 Å². The Bertz CT molecular complexity index is 997. The molecular weight excluding hydrogens is 312 g/mol. The van der Waals surface area contributed by atoms with Crippen molar-refractivity contribution in [3.63, 3.8) is 0 Å². The number of benzene rings is 1. The number of hydrogen-bond acceptors (Lipinski definition) is 4. The zero-order valence-electron chi connectivity index (χ0n) is 13.8. The van der Waals surface area contributed by atoms with Crippen LogP contribution in [0.25, 0.3) is 10.9 Å². The number of nitriles is 1. The maximum absolute atomic E-state index is 9.07. The molecule has 1 N–H and O–H groups in total. The van der Waals surface area contributed by atoms with Crippen LogP contribution in [0.1, 0.15) is 60.2 Å². The van der Waals surface area contributed by atoms with Gasteiger partial charge in [-0.15, -0.1) is 0 Å². The minimum atomic E-state index is -0.0507. The molecule has 2 aromatic heterocycles. The Labute approximate surface area is 145 Å². The summed E-state index contributed by atoms with van der Waals surface area (Å²) in [5, 5.41) is 17.8. The van der Waals surface area contributed by atoms with E-state index in [0.29, 0.717) is 11.5 Å². The second kappa shape index (κ2) is 5.59. The SMILES string of the molecule is N#Cc1cnc2c(c1)CCC[C@@H]2Oc1ccc2[nH]nc(C3CC3)c2c1. The average Bonchev–Trinajstić information content (AvgIpc) is 3.41. The van der Waals surface area contributed by atoms with Gasteiger partial charge in [0.1, 0.15) is 17.9 Å². The number of aromatic amines is 1. The van der Waals surface area contributed by atoms with Crippen molar-refractivity contribution in [2.75, 3.05) is 0 Å². The molecule has 124 valence electrons. The summed E-state index contributed by atoms with van der Waals surface area (Å²) in [6.45, 7) is 0. The molecule has 5 nitrogen and oxygen atoms in total. The number of nitrogens with zero attached hydrogens (tertiary/aromatic N) is 3. The molecule has 0 aliphatic heterocycles. The molecule has 5 heteroatoms. The third kappa shape index (κ3) is 2.54. The van der Waals surface area contributed by atoms with E-state index in [0.717, 1.165) is 41.8 Å². The maximum Gasteiger partial charge on any atom is 0.141 e. The Balaban J connectivity index is 1.47. The van der Waals surface area contributed by atoms with Crippen LogP contribution in [0.5, 0.6) is 5.75 Å². The summed E-state index contributed by atoms with van der Waals surface area (Å²) >= 11 is 0. The lowest BCUT2D eigenvalue weighted by Crippen LogP contribution is -2.17. The molecule has 2 heterocycles. The van der Waals surface area contributed by atoms with E-state index >= 15 is 0 Å². The normalized spacial score (nSPS) is 19.4. The molecule has 0 radical (unpaired) electrons. The van der Waals surface area contributed by atoms with Crippen LogP contribution in [0.4, 0.5) is 0 Å². The van der Waals surface area contributed by atoms with Crippen molar-refractivity contribution < 1.29 is 4.74 Å². The van der Waals surface area contributed by atoms with Crippen LogP contribution in [-0.4, -0.2) is 15.2 Å². The fourth-order valence-corrected chi connectivity index (χ4v) is 3.72. The summed E-state index contributed by atoms with van der Waals surface area (Å²) in [4.78, 5) is 4.51. The van der Waals surface area contributed by atoms with Crippen LogP contribution in [0.3, 0.4) is 0 Å². The molecule has 1 atom stereocenters. The number of aromatic nitrogens is 3. The van der Waals surface area contributed by atoms with Crippen molar-refractivity contribution in [3.8, 4) is 11.8 Å². The van der Waals surface area contributed by atoms with Gasteiger partial charge >= 0.3 is 0 Å². The Morgan fingerprint density at radius 2 is 2.08 bits per heavy atom. The predicted molar refractivity (Wildman–Crippen MR) is 93.3 cm³/mol. The minimum absolute atomic E-state index is 0.0507. The highest BCUT2D eigenvalue weighted by Crippen LogP contribution is 2.43. The molecule has 0 spiro atoms. The van der Waals surface area contributed by atoms with Crippen LogP contribution in [0.15, 0.2) is 30.5 Å². The summed E-state index contributed by atoms with van der Waals surface area (Å²) in [6, 6.07) is 10.3. The molecule has 3 aromatic rings. The molecule has 0 saturated heterocycles. The second-order valence-corrected chi connectivity index (χ2v) is 6.97. The number of nitrogens with one attached hydrogen (secondary N) is 1. The van der Waals surface area contributed by atoms with E-state index in [4.69, 9.17) is 10.00 Å². The van der Waals surface area contributed by atoms with Crippen LogP contribution in [0, 0.1) is 11.3 Å². The molecule has 0 amide bonds. The van der Waals surface area contributed by atoms with Gasteiger partial charge in [0.15, 0.2) is 0 Å². The van der Waals surface area contributed by atoms with Crippen molar-refractivity contribution in [2.24, 2.45) is 0 Å². The molecule has 5 rings (SSSR count). The van der Waals surface area contributed by atoms with E-state index < -0.39 is 0 Å². The van der Waals surface area contributed by atoms with Gasteiger partial charge in [-0.2, -0.15) is 10.4 Å². The molecule has 1 saturated carbocycles. The zero-order chi connectivity index (χ0) is 16.8. The van der Waals surface area contributed by atoms with Gasteiger partial charge in [-0.3, -0.25) is 10.1 Å². The summed E-state index contributed by atoms with van der Waals surface area (Å²) < 4.78 is 6.30. The molecule has 1 fully saturated rings. The van der Waals surface area contributed by atoms with Crippen molar-refractivity contribution in [2.45, 2.75) is 44.1 Å². The Morgan fingerprint density at radius 3 is 2.92 bits per heavy atom. The van der Waals surface area contributed by atoms with Gasteiger partial charge in [0.05, 0.1) is 22.5 Å². The Hall–Kier alpha value is -2.87. The first kappa shape index (κ1) is 14.5. The summed E-state index contributed by atoms with van der Waals surface area (Å²) in [5.74, 6) is 1.46. The Morgan fingerprint density at radius 1 is 1.16 bits per heavy atom. The maximum atomic E-state index is 9.07. The number of pyridine rings is 1. The van der Waals surface area contributed by atoms with Gasteiger partial charge in [-0.25, -0.2) is 0 Å². The smallest absolute Gasteiger partial charge is 0.141 e. The topological polar surface area (TPSA) is 74.6 Å². The van der Waals surface area contributed by atoms with E-state index in [2.05, 4.69) is 27.3 Å². The number of hydrogen-bond donors (Lipinski definition) is 1. The van der Waals surface area contributed by atoms with Crippen LogP contribution >= 0.6 is 0 Å². The van der Waals surface area contributed by atoms with Gasteiger partial charge < -0.3 is 4.74 Å². The first-order chi connectivity index (χ1) is 12.3.